The minimum atomic E-state index is -0.509. The van der Waals surface area contributed by atoms with Crippen LogP contribution in [0.1, 0.15) is 54.4 Å². The molecule has 1 aliphatic heterocycles. The van der Waals surface area contributed by atoms with Crippen molar-refractivity contribution in [1.29, 1.82) is 0 Å². The molecule has 3 aromatic heterocycles. The molecule has 0 aliphatic carbocycles. The summed E-state index contributed by atoms with van der Waals surface area (Å²) in [6.45, 7) is 2.69. The summed E-state index contributed by atoms with van der Waals surface area (Å²) >= 11 is 0. The molecule has 2 unspecified atom stereocenters. The summed E-state index contributed by atoms with van der Waals surface area (Å²) in [7, 11) is 0. The summed E-state index contributed by atoms with van der Waals surface area (Å²) in [5, 5.41) is 10.8. The first-order valence-corrected chi connectivity index (χ1v) is 12.3. The average molecular weight is 498 g/mol. The third-order valence-corrected chi connectivity index (χ3v) is 6.76. The second kappa shape index (κ2) is 9.21. The fourth-order valence-corrected chi connectivity index (χ4v) is 4.85. The van der Waals surface area contributed by atoms with Crippen LogP contribution < -0.4 is 16.2 Å². The number of carbonyl (C=O) groups is 1. The van der Waals surface area contributed by atoms with Crippen LogP contribution in [0, 0.1) is 0 Å². The van der Waals surface area contributed by atoms with Gasteiger partial charge in [0, 0.05) is 40.9 Å². The number of aromatic nitrogens is 5. The van der Waals surface area contributed by atoms with Crippen molar-refractivity contribution in [3.8, 4) is 11.4 Å². The largest absolute Gasteiger partial charge is 0.482 e. The van der Waals surface area contributed by atoms with E-state index in [1.807, 2.05) is 34.7 Å². The number of nitrogens with zero attached hydrogens (tertiary/aromatic N) is 5. The van der Waals surface area contributed by atoms with Crippen LogP contribution in [0.4, 0.5) is 5.82 Å². The first-order valence-electron chi connectivity index (χ1n) is 12.3. The normalized spacial score (nSPS) is 16.7. The van der Waals surface area contributed by atoms with E-state index in [1.165, 1.54) is 0 Å². The highest BCUT2D eigenvalue weighted by Crippen LogP contribution is 2.35. The molecule has 4 N–H and O–H groups in total. The van der Waals surface area contributed by atoms with Crippen molar-refractivity contribution >= 4 is 33.5 Å². The molecule has 37 heavy (non-hydrogen) atoms. The summed E-state index contributed by atoms with van der Waals surface area (Å²) < 4.78 is 16.2. The topological polar surface area (TPSA) is 136 Å². The van der Waals surface area contributed by atoms with E-state index in [9.17, 15) is 4.79 Å². The van der Waals surface area contributed by atoms with Gasteiger partial charge in [0.1, 0.15) is 6.10 Å². The van der Waals surface area contributed by atoms with Gasteiger partial charge in [0.2, 0.25) is 5.91 Å². The van der Waals surface area contributed by atoms with E-state index in [4.69, 9.17) is 20.9 Å². The lowest BCUT2D eigenvalue weighted by Gasteiger charge is -2.24. The molecular weight excluding hydrogens is 470 g/mol. The number of fused-ring (bicyclic) bond motifs is 2. The first kappa shape index (κ1) is 23.0. The maximum absolute atomic E-state index is 11.7. The quantitative estimate of drug-likeness (QED) is 0.357. The number of primary amides is 1. The summed E-state index contributed by atoms with van der Waals surface area (Å²) in [5.74, 6) is 0.163. The number of anilines is 1. The van der Waals surface area contributed by atoms with Gasteiger partial charge in [-0.25, -0.2) is 14.3 Å². The van der Waals surface area contributed by atoms with Gasteiger partial charge in [0.15, 0.2) is 17.8 Å². The molecule has 2 aromatic carbocycles. The Hall–Kier alpha value is -4.44. The zero-order valence-electron chi connectivity index (χ0n) is 20.4. The molecule has 4 heterocycles. The number of hydrogen-bond donors (Lipinski definition) is 2. The van der Waals surface area contributed by atoms with E-state index in [0.29, 0.717) is 22.2 Å². The van der Waals surface area contributed by atoms with E-state index in [1.54, 1.807) is 30.5 Å². The summed E-state index contributed by atoms with van der Waals surface area (Å²) in [4.78, 5) is 16.1. The van der Waals surface area contributed by atoms with Gasteiger partial charge in [-0.15, -0.1) is 0 Å². The van der Waals surface area contributed by atoms with E-state index in [-0.39, 0.29) is 12.0 Å². The Balaban J connectivity index is 1.42. The Kier molecular flexibility index (Phi) is 5.72. The van der Waals surface area contributed by atoms with Crippen LogP contribution in [0.5, 0.6) is 5.75 Å². The molecule has 0 bridgehead atoms. The van der Waals surface area contributed by atoms with Crippen LogP contribution in [0.15, 0.2) is 61.1 Å². The van der Waals surface area contributed by atoms with Crippen molar-refractivity contribution in [3.05, 3.63) is 72.2 Å². The van der Waals surface area contributed by atoms with Gasteiger partial charge in [-0.3, -0.25) is 4.79 Å². The van der Waals surface area contributed by atoms with Crippen molar-refractivity contribution in [2.24, 2.45) is 5.73 Å². The molecule has 188 valence electrons. The van der Waals surface area contributed by atoms with E-state index in [0.717, 1.165) is 48.0 Å². The monoisotopic (exact) mass is 497 g/mol. The summed E-state index contributed by atoms with van der Waals surface area (Å²) in [5.41, 5.74) is 15.5. The fourth-order valence-electron chi connectivity index (χ4n) is 4.85. The molecule has 1 amide bonds. The smallest absolute Gasteiger partial charge is 0.248 e. The predicted molar refractivity (Wildman–Crippen MR) is 139 cm³/mol. The highest BCUT2D eigenvalue weighted by molar-refractivity contribution is 5.97. The van der Waals surface area contributed by atoms with Crippen molar-refractivity contribution in [2.45, 2.75) is 38.5 Å². The zero-order valence-corrected chi connectivity index (χ0v) is 20.4. The van der Waals surface area contributed by atoms with Gasteiger partial charge >= 0.3 is 0 Å². The van der Waals surface area contributed by atoms with Gasteiger partial charge in [-0.05, 0) is 68.7 Å². The van der Waals surface area contributed by atoms with Gasteiger partial charge in [-0.1, -0.05) is 0 Å². The molecule has 1 aliphatic rings. The van der Waals surface area contributed by atoms with Crippen LogP contribution in [-0.2, 0) is 4.74 Å². The maximum atomic E-state index is 11.7. The number of pyridine rings is 1. The molecule has 0 saturated carbocycles. The van der Waals surface area contributed by atoms with Gasteiger partial charge in [0.25, 0.3) is 0 Å². The maximum Gasteiger partial charge on any atom is 0.248 e. The lowest BCUT2D eigenvalue weighted by Crippen LogP contribution is -2.19. The average Bonchev–Trinajstić information content (AvgIpc) is 3.58. The molecule has 6 rings (SSSR count). The molecule has 0 radical (unpaired) electrons. The SMILES string of the molecule is CC(Oc1cc2cc(C(N)=O)ccc2nc1N)c1cc2c(cnn2C2CCCCO2)cc1-n1cccn1. The lowest BCUT2D eigenvalue weighted by atomic mass is 10.0. The highest BCUT2D eigenvalue weighted by Gasteiger charge is 2.23. The standard InChI is InChI=1S/C27H27N7O3/c1-16(37-24-13-18-11-17(27(29)35)6-7-21(18)32-26(24)28)20-14-22-19(12-23(20)33-9-4-8-30-33)15-31-34(22)25-5-2-3-10-36-25/h4,6-9,11-16,25H,2-3,5,10H2,1H3,(H2,28,32)(H2,29,35). The molecule has 5 aromatic rings. The molecule has 10 nitrogen and oxygen atoms in total. The Morgan fingerprint density at radius 2 is 2.05 bits per heavy atom. The minimum Gasteiger partial charge on any atom is -0.482 e. The molecule has 2 atom stereocenters. The van der Waals surface area contributed by atoms with Crippen LogP contribution in [-0.4, -0.2) is 37.1 Å². The van der Waals surface area contributed by atoms with Crippen molar-refractivity contribution in [1.82, 2.24) is 24.5 Å². The van der Waals surface area contributed by atoms with Gasteiger partial charge in [-0.2, -0.15) is 10.2 Å². The van der Waals surface area contributed by atoms with Crippen LogP contribution in [0.3, 0.4) is 0 Å². The van der Waals surface area contributed by atoms with Crippen LogP contribution >= 0.6 is 0 Å². The van der Waals surface area contributed by atoms with Crippen LogP contribution in [0.2, 0.25) is 0 Å². The fraction of sp³-hybridized carbons (Fsp3) is 0.259. The number of carbonyl (C=O) groups excluding carboxylic acids is 1. The summed E-state index contributed by atoms with van der Waals surface area (Å²) in [6.07, 6.45) is 8.07. The number of amides is 1. The van der Waals surface area contributed by atoms with E-state index in [2.05, 4.69) is 27.3 Å². The third-order valence-electron chi connectivity index (χ3n) is 6.76. The Morgan fingerprint density at radius 1 is 1.16 bits per heavy atom. The van der Waals surface area contributed by atoms with Gasteiger partial charge in [0.05, 0.1) is 22.9 Å². The molecular formula is C27H27N7O3. The molecule has 0 spiro atoms. The Labute approximate surface area is 212 Å². The Morgan fingerprint density at radius 3 is 2.81 bits per heavy atom. The Bertz CT molecular complexity index is 1600. The number of benzene rings is 2. The molecule has 1 fully saturated rings. The number of nitrogen functional groups attached to an aromatic ring is 1. The second-order valence-corrected chi connectivity index (χ2v) is 9.23. The van der Waals surface area contributed by atoms with Crippen molar-refractivity contribution in [2.75, 3.05) is 12.3 Å². The minimum absolute atomic E-state index is 0.0920. The second-order valence-electron chi connectivity index (χ2n) is 9.23. The molecule has 1 saturated heterocycles. The number of nitrogens with two attached hydrogens (primary N) is 2. The molecule has 10 heteroatoms. The lowest BCUT2D eigenvalue weighted by molar-refractivity contribution is -0.0366. The van der Waals surface area contributed by atoms with Crippen molar-refractivity contribution < 1.29 is 14.3 Å². The highest BCUT2D eigenvalue weighted by atomic mass is 16.5. The third kappa shape index (κ3) is 4.25. The van der Waals surface area contributed by atoms with E-state index < -0.39 is 12.0 Å². The van der Waals surface area contributed by atoms with Gasteiger partial charge < -0.3 is 20.9 Å². The van der Waals surface area contributed by atoms with Crippen molar-refractivity contribution in [3.63, 3.8) is 0 Å². The number of rotatable bonds is 6. The van der Waals surface area contributed by atoms with E-state index >= 15 is 0 Å². The zero-order chi connectivity index (χ0) is 25.5. The summed E-state index contributed by atoms with van der Waals surface area (Å²) in [6, 6.07) is 12.8. The first-order chi connectivity index (χ1) is 18.0. The van der Waals surface area contributed by atoms with Crippen LogP contribution in [0.25, 0.3) is 27.5 Å². The number of ether oxygens (including phenoxy) is 2. The number of hydrogen-bond acceptors (Lipinski definition) is 7. The predicted octanol–water partition coefficient (Wildman–Crippen LogP) is 4.29.